The molecule has 0 amide bonds. The van der Waals surface area contributed by atoms with Crippen LogP contribution in [0, 0.1) is 10.1 Å². The van der Waals surface area contributed by atoms with Crippen molar-refractivity contribution < 1.29 is 9.72 Å². The monoisotopic (exact) mass is 343 g/mol. The molecular weight excluding hydrogens is 334 g/mol. The van der Waals surface area contributed by atoms with Crippen LogP contribution in [0.5, 0.6) is 0 Å². The van der Waals surface area contributed by atoms with Gasteiger partial charge in [-0.25, -0.2) is 0 Å². The highest BCUT2D eigenvalue weighted by Crippen LogP contribution is 2.18. The number of carbonyl (C=O) groups is 1. The van der Waals surface area contributed by atoms with Crippen molar-refractivity contribution >= 4 is 23.1 Å². The van der Waals surface area contributed by atoms with Gasteiger partial charge in [-0.2, -0.15) is 4.80 Å². The van der Waals surface area contributed by atoms with Crippen LogP contribution in [0.25, 0.3) is 11.4 Å². The van der Waals surface area contributed by atoms with E-state index in [-0.39, 0.29) is 23.8 Å². The fraction of sp³-hybridized carbons (Fsp3) is 0.0667. The standard InChI is InChI=1S/C15H10ClN5O3/c16-12-5-1-10(2-6-12)14(22)9-20-18-15(17-19-20)11-3-7-13(8-4-11)21(23)24/h1-8H,9H2. The summed E-state index contributed by atoms with van der Waals surface area (Å²) in [6, 6.07) is 12.3. The topological polar surface area (TPSA) is 104 Å². The van der Waals surface area contributed by atoms with E-state index in [1.807, 2.05) is 0 Å². The summed E-state index contributed by atoms with van der Waals surface area (Å²) in [4.78, 5) is 23.5. The van der Waals surface area contributed by atoms with Crippen molar-refractivity contribution in [2.75, 3.05) is 0 Å². The first-order chi connectivity index (χ1) is 11.5. The molecule has 0 spiro atoms. The van der Waals surface area contributed by atoms with Gasteiger partial charge in [0, 0.05) is 28.3 Å². The van der Waals surface area contributed by atoms with Gasteiger partial charge in [0.2, 0.25) is 5.82 Å². The van der Waals surface area contributed by atoms with Crippen LogP contribution < -0.4 is 0 Å². The number of tetrazole rings is 1. The molecule has 0 saturated carbocycles. The zero-order chi connectivity index (χ0) is 17.1. The second kappa shape index (κ2) is 6.55. The van der Waals surface area contributed by atoms with Crippen LogP contribution in [0.2, 0.25) is 5.02 Å². The molecule has 0 aliphatic carbocycles. The van der Waals surface area contributed by atoms with Gasteiger partial charge < -0.3 is 0 Å². The minimum Gasteiger partial charge on any atom is -0.292 e. The second-order valence-electron chi connectivity index (χ2n) is 4.88. The molecule has 120 valence electrons. The molecule has 0 aliphatic rings. The second-order valence-corrected chi connectivity index (χ2v) is 5.31. The molecule has 0 unspecified atom stereocenters. The molecule has 0 bridgehead atoms. The number of Topliss-reactive ketones (excluding diaryl/α,β-unsaturated/α-hetero) is 1. The highest BCUT2D eigenvalue weighted by atomic mass is 35.5. The summed E-state index contributed by atoms with van der Waals surface area (Å²) in [5.74, 6) is 0.105. The van der Waals surface area contributed by atoms with Crippen molar-refractivity contribution in [3.05, 3.63) is 69.2 Å². The predicted molar refractivity (Wildman–Crippen MR) is 85.7 cm³/mol. The molecule has 0 aliphatic heterocycles. The molecule has 2 aromatic carbocycles. The van der Waals surface area contributed by atoms with Gasteiger partial charge in [-0.05, 0) is 41.6 Å². The fourth-order valence-electron chi connectivity index (χ4n) is 2.01. The van der Waals surface area contributed by atoms with Gasteiger partial charge >= 0.3 is 0 Å². The number of nitro groups is 1. The summed E-state index contributed by atoms with van der Waals surface area (Å²) >= 11 is 5.79. The van der Waals surface area contributed by atoms with E-state index < -0.39 is 4.92 Å². The van der Waals surface area contributed by atoms with Crippen LogP contribution in [0.3, 0.4) is 0 Å². The van der Waals surface area contributed by atoms with E-state index >= 15 is 0 Å². The quantitative estimate of drug-likeness (QED) is 0.401. The Hall–Kier alpha value is -3.13. The maximum absolute atomic E-state index is 12.1. The number of rotatable bonds is 5. The van der Waals surface area contributed by atoms with Crippen LogP contribution in [0.15, 0.2) is 48.5 Å². The summed E-state index contributed by atoms with van der Waals surface area (Å²) in [7, 11) is 0. The molecule has 9 heteroatoms. The van der Waals surface area contributed by atoms with Crippen LogP contribution in [-0.4, -0.2) is 30.9 Å². The van der Waals surface area contributed by atoms with Crippen molar-refractivity contribution in [1.82, 2.24) is 20.2 Å². The lowest BCUT2D eigenvalue weighted by Crippen LogP contribution is -2.13. The molecule has 3 rings (SSSR count). The fourth-order valence-corrected chi connectivity index (χ4v) is 2.14. The van der Waals surface area contributed by atoms with Crippen molar-refractivity contribution in [2.24, 2.45) is 0 Å². The Balaban J connectivity index is 1.74. The third kappa shape index (κ3) is 3.44. The number of carbonyl (C=O) groups excluding carboxylic acids is 1. The Morgan fingerprint density at radius 3 is 2.42 bits per heavy atom. The van der Waals surface area contributed by atoms with Crippen molar-refractivity contribution in [3.63, 3.8) is 0 Å². The summed E-state index contributed by atoms with van der Waals surface area (Å²) in [5, 5.41) is 23.0. The number of aromatic nitrogens is 4. The summed E-state index contributed by atoms with van der Waals surface area (Å²) < 4.78 is 0. The molecule has 0 fully saturated rings. The number of benzene rings is 2. The zero-order valence-corrected chi connectivity index (χ0v) is 12.9. The Labute approximate surface area is 140 Å². The molecular formula is C15H10ClN5O3. The summed E-state index contributed by atoms with van der Waals surface area (Å²) in [6.07, 6.45) is 0. The Kier molecular flexibility index (Phi) is 4.30. The maximum atomic E-state index is 12.1. The Bertz CT molecular complexity index is 890. The van der Waals surface area contributed by atoms with Gasteiger partial charge in [-0.1, -0.05) is 11.6 Å². The molecule has 0 saturated heterocycles. The molecule has 8 nitrogen and oxygen atoms in total. The van der Waals surface area contributed by atoms with E-state index in [1.54, 1.807) is 24.3 Å². The minimum atomic E-state index is -0.487. The molecule has 0 N–H and O–H groups in total. The van der Waals surface area contributed by atoms with Crippen LogP contribution in [0.4, 0.5) is 5.69 Å². The first-order valence-corrected chi connectivity index (χ1v) is 7.22. The smallest absolute Gasteiger partial charge is 0.269 e. The predicted octanol–water partition coefficient (Wildman–Crippen LogP) is 2.78. The number of nitrogens with zero attached hydrogens (tertiary/aromatic N) is 5. The molecule has 0 atom stereocenters. The van der Waals surface area contributed by atoms with E-state index in [0.29, 0.717) is 16.1 Å². The van der Waals surface area contributed by atoms with Crippen LogP contribution in [0.1, 0.15) is 10.4 Å². The number of ketones is 1. The lowest BCUT2D eigenvalue weighted by atomic mass is 10.1. The average molecular weight is 344 g/mol. The SMILES string of the molecule is O=C(Cn1nnc(-c2ccc([N+](=O)[O-])cc2)n1)c1ccc(Cl)cc1. The van der Waals surface area contributed by atoms with Gasteiger partial charge in [0.05, 0.1) is 4.92 Å². The van der Waals surface area contributed by atoms with Gasteiger partial charge in [-0.3, -0.25) is 14.9 Å². The summed E-state index contributed by atoms with van der Waals surface area (Å²) in [6.45, 7) is -0.0678. The number of non-ortho nitro benzene ring substituents is 1. The zero-order valence-electron chi connectivity index (χ0n) is 12.2. The number of hydrogen-bond acceptors (Lipinski definition) is 6. The van der Waals surface area contributed by atoms with E-state index in [4.69, 9.17) is 11.6 Å². The largest absolute Gasteiger partial charge is 0.292 e. The number of nitro benzene ring substituents is 1. The average Bonchev–Trinajstić information content (AvgIpc) is 3.04. The molecule has 1 aromatic heterocycles. The number of hydrogen-bond donors (Lipinski definition) is 0. The van der Waals surface area contributed by atoms with Gasteiger partial charge in [-0.15, -0.1) is 10.2 Å². The third-order valence-corrected chi connectivity index (χ3v) is 3.49. The van der Waals surface area contributed by atoms with Crippen molar-refractivity contribution in [2.45, 2.75) is 6.54 Å². The van der Waals surface area contributed by atoms with E-state index in [0.717, 1.165) is 0 Å². The highest BCUT2D eigenvalue weighted by Gasteiger charge is 2.12. The first kappa shape index (κ1) is 15.8. The van der Waals surface area contributed by atoms with E-state index in [2.05, 4.69) is 15.4 Å². The lowest BCUT2D eigenvalue weighted by molar-refractivity contribution is -0.384. The van der Waals surface area contributed by atoms with E-state index in [1.165, 1.54) is 29.1 Å². The highest BCUT2D eigenvalue weighted by molar-refractivity contribution is 6.30. The molecule has 3 aromatic rings. The Morgan fingerprint density at radius 2 is 1.79 bits per heavy atom. The van der Waals surface area contributed by atoms with Gasteiger partial charge in [0.1, 0.15) is 6.54 Å². The van der Waals surface area contributed by atoms with Gasteiger partial charge in [0.15, 0.2) is 5.78 Å². The first-order valence-electron chi connectivity index (χ1n) is 6.84. The molecule has 24 heavy (non-hydrogen) atoms. The van der Waals surface area contributed by atoms with Crippen LogP contribution >= 0.6 is 11.6 Å². The van der Waals surface area contributed by atoms with Gasteiger partial charge in [0.25, 0.3) is 5.69 Å². The summed E-state index contributed by atoms with van der Waals surface area (Å²) in [5.41, 5.74) is 1.04. The lowest BCUT2D eigenvalue weighted by Gasteiger charge is -1.99. The normalized spacial score (nSPS) is 10.5. The van der Waals surface area contributed by atoms with Crippen LogP contribution in [-0.2, 0) is 6.54 Å². The minimum absolute atomic E-state index is 0.0240. The maximum Gasteiger partial charge on any atom is 0.269 e. The van der Waals surface area contributed by atoms with Crippen molar-refractivity contribution in [3.8, 4) is 11.4 Å². The van der Waals surface area contributed by atoms with E-state index in [9.17, 15) is 14.9 Å². The molecule has 0 radical (unpaired) electrons. The molecule has 1 heterocycles. The Morgan fingerprint density at radius 1 is 1.12 bits per heavy atom. The van der Waals surface area contributed by atoms with Crippen molar-refractivity contribution in [1.29, 1.82) is 0 Å². The number of halogens is 1. The third-order valence-electron chi connectivity index (χ3n) is 3.24.